The maximum atomic E-state index is 15.5. The number of esters is 1. The van der Waals surface area contributed by atoms with Crippen molar-refractivity contribution in [2.45, 2.75) is 56.5 Å². The molecule has 1 saturated heterocycles. The lowest BCUT2D eigenvalue weighted by molar-refractivity contribution is -0.0596. The molecule has 0 radical (unpaired) electrons. The van der Waals surface area contributed by atoms with Crippen molar-refractivity contribution >= 4 is 11.5 Å². The van der Waals surface area contributed by atoms with Gasteiger partial charge < -0.3 is 13.9 Å². The molecule has 3 heterocycles. The summed E-state index contributed by atoms with van der Waals surface area (Å²) in [6.07, 6.45) is 4.61. The predicted octanol–water partition coefficient (Wildman–Crippen LogP) is 4.09. The average Bonchev–Trinajstić information content (AvgIpc) is 3.33. The Kier molecular flexibility index (Phi) is 4.04. The van der Waals surface area contributed by atoms with Gasteiger partial charge in [-0.05, 0) is 63.1 Å². The van der Waals surface area contributed by atoms with Gasteiger partial charge >= 0.3 is 5.97 Å². The van der Waals surface area contributed by atoms with Crippen molar-refractivity contribution in [3.63, 3.8) is 0 Å². The number of pyridine rings is 1. The number of carbonyl (C=O) groups excluding carboxylic acids is 1. The highest BCUT2D eigenvalue weighted by molar-refractivity contribution is 5.94. The van der Waals surface area contributed by atoms with Crippen LogP contribution in [0.4, 0.5) is 4.39 Å². The first kappa shape index (κ1) is 18.0. The average molecular weight is 370 g/mol. The number of nitrogens with zero attached hydrogens (tertiary/aromatic N) is 2. The molecule has 27 heavy (non-hydrogen) atoms. The lowest BCUT2D eigenvalue weighted by atomic mass is 9.83. The second-order valence-corrected chi connectivity index (χ2v) is 8.23. The summed E-state index contributed by atoms with van der Waals surface area (Å²) in [5.74, 6) is -0.807. The van der Waals surface area contributed by atoms with E-state index in [1.54, 1.807) is 16.7 Å². The third-order valence-corrected chi connectivity index (χ3v) is 5.88. The highest BCUT2D eigenvalue weighted by Gasteiger charge is 2.50. The number of halogens is 1. The maximum Gasteiger partial charge on any atom is 0.339 e. The van der Waals surface area contributed by atoms with Crippen molar-refractivity contribution in [2.75, 3.05) is 13.7 Å². The van der Waals surface area contributed by atoms with Crippen LogP contribution in [0.2, 0.25) is 0 Å². The topological polar surface area (TPSA) is 63.7 Å². The van der Waals surface area contributed by atoms with Gasteiger partial charge in [-0.3, -0.25) is 0 Å². The Hall–Kier alpha value is -2.39. The van der Waals surface area contributed by atoms with Gasteiger partial charge in [0.2, 0.25) is 0 Å². The summed E-state index contributed by atoms with van der Waals surface area (Å²) in [6, 6.07) is 5.62. The van der Waals surface area contributed by atoms with Crippen LogP contribution in [-0.4, -0.2) is 29.7 Å². The number of aromatic nitrogens is 1. The molecule has 0 spiro atoms. The first-order valence-electron chi connectivity index (χ1n) is 9.29. The van der Waals surface area contributed by atoms with E-state index in [1.807, 2.05) is 13.8 Å². The minimum absolute atomic E-state index is 0.0597. The van der Waals surface area contributed by atoms with E-state index in [1.165, 1.54) is 13.2 Å². The fourth-order valence-electron chi connectivity index (χ4n) is 4.32. The Labute approximate surface area is 157 Å². The summed E-state index contributed by atoms with van der Waals surface area (Å²) >= 11 is 0. The number of ether oxygens (including phenoxy) is 2. The molecule has 1 aliphatic carbocycles. The molecule has 0 bridgehead atoms. The number of hydrogen-bond acceptors (Lipinski definition) is 4. The summed E-state index contributed by atoms with van der Waals surface area (Å²) < 4.78 is 27.8. The Morgan fingerprint density at radius 3 is 2.78 bits per heavy atom. The third kappa shape index (κ3) is 2.81. The molecule has 4 rings (SSSR count). The number of methoxy groups -OCH3 is 1. The van der Waals surface area contributed by atoms with E-state index in [0.717, 1.165) is 12.8 Å². The standard InChI is InChI=1S/C21H23FN2O3/c1-20(2)11-13(5-9-27-20)14-4-8-24-16(17(14)22)10-15(19(25)26-3)18(24)21(12-23)6-7-21/h4,8,10,13H,5-7,9,11H2,1-3H3. The summed E-state index contributed by atoms with van der Waals surface area (Å²) in [6.45, 7) is 4.63. The molecule has 1 aliphatic heterocycles. The fraction of sp³-hybridized carbons (Fsp3) is 0.524. The number of carbonyl (C=O) groups is 1. The number of rotatable bonds is 3. The molecule has 2 aromatic heterocycles. The molecule has 1 saturated carbocycles. The Bertz CT molecular complexity index is 966. The van der Waals surface area contributed by atoms with E-state index < -0.39 is 11.4 Å². The van der Waals surface area contributed by atoms with Crippen molar-refractivity contribution in [1.29, 1.82) is 5.26 Å². The molecule has 5 nitrogen and oxygen atoms in total. The van der Waals surface area contributed by atoms with Crippen molar-refractivity contribution in [2.24, 2.45) is 0 Å². The molecule has 2 aliphatic rings. The van der Waals surface area contributed by atoms with Gasteiger partial charge in [-0.1, -0.05) is 0 Å². The van der Waals surface area contributed by atoms with E-state index in [9.17, 15) is 10.1 Å². The van der Waals surface area contributed by atoms with Crippen LogP contribution in [-0.2, 0) is 14.9 Å². The minimum atomic E-state index is -0.732. The van der Waals surface area contributed by atoms with Crippen molar-refractivity contribution in [3.8, 4) is 6.07 Å². The lowest BCUT2D eigenvalue weighted by Crippen LogP contribution is -2.33. The Balaban J connectivity index is 1.87. The van der Waals surface area contributed by atoms with Crippen LogP contribution < -0.4 is 0 Å². The van der Waals surface area contributed by atoms with Gasteiger partial charge in [-0.15, -0.1) is 0 Å². The molecule has 6 heteroatoms. The fourth-order valence-corrected chi connectivity index (χ4v) is 4.32. The molecule has 1 unspecified atom stereocenters. The van der Waals surface area contributed by atoms with Gasteiger partial charge in [-0.2, -0.15) is 5.26 Å². The van der Waals surface area contributed by atoms with Gasteiger partial charge in [-0.25, -0.2) is 9.18 Å². The summed E-state index contributed by atoms with van der Waals surface area (Å²) in [4.78, 5) is 12.3. The monoisotopic (exact) mass is 370 g/mol. The minimum Gasteiger partial charge on any atom is -0.465 e. The van der Waals surface area contributed by atoms with E-state index in [2.05, 4.69) is 6.07 Å². The highest BCUT2D eigenvalue weighted by Crippen LogP contribution is 2.50. The molecular weight excluding hydrogens is 347 g/mol. The van der Waals surface area contributed by atoms with Crippen LogP contribution in [0, 0.1) is 17.1 Å². The Morgan fingerprint density at radius 2 is 2.19 bits per heavy atom. The van der Waals surface area contributed by atoms with Gasteiger partial charge in [0.25, 0.3) is 0 Å². The van der Waals surface area contributed by atoms with Crippen LogP contribution in [0.5, 0.6) is 0 Å². The maximum absolute atomic E-state index is 15.5. The lowest BCUT2D eigenvalue weighted by Gasteiger charge is -2.35. The van der Waals surface area contributed by atoms with E-state index in [0.29, 0.717) is 36.2 Å². The highest BCUT2D eigenvalue weighted by atomic mass is 19.1. The van der Waals surface area contributed by atoms with Crippen molar-refractivity contribution < 1.29 is 18.7 Å². The van der Waals surface area contributed by atoms with Crippen LogP contribution >= 0.6 is 0 Å². The first-order chi connectivity index (χ1) is 12.8. The van der Waals surface area contributed by atoms with Gasteiger partial charge in [0.1, 0.15) is 0 Å². The quantitative estimate of drug-likeness (QED) is 0.764. The SMILES string of the molecule is COC(=O)c1cc2c(F)c(C3CCOC(C)(C)C3)ccn2c1C1(C#N)CC1. The van der Waals surface area contributed by atoms with Crippen molar-refractivity contribution in [3.05, 3.63) is 41.0 Å². The Morgan fingerprint density at radius 1 is 1.44 bits per heavy atom. The summed E-state index contributed by atoms with van der Waals surface area (Å²) in [5, 5.41) is 9.63. The number of fused-ring (bicyclic) bond motifs is 1. The zero-order valence-corrected chi connectivity index (χ0v) is 15.8. The zero-order valence-electron chi connectivity index (χ0n) is 15.8. The smallest absolute Gasteiger partial charge is 0.339 e. The number of nitriles is 1. The zero-order chi connectivity index (χ0) is 19.4. The van der Waals surface area contributed by atoms with E-state index >= 15 is 4.39 Å². The molecule has 2 aromatic rings. The van der Waals surface area contributed by atoms with Crippen LogP contribution in [0.25, 0.3) is 5.52 Å². The predicted molar refractivity (Wildman–Crippen MR) is 97.2 cm³/mol. The molecule has 1 atom stereocenters. The molecule has 2 fully saturated rings. The van der Waals surface area contributed by atoms with Crippen molar-refractivity contribution in [1.82, 2.24) is 4.40 Å². The van der Waals surface area contributed by atoms with Gasteiger partial charge in [0.15, 0.2) is 5.82 Å². The van der Waals surface area contributed by atoms with E-state index in [4.69, 9.17) is 9.47 Å². The summed E-state index contributed by atoms with van der Waals surface area (Å²) in [5.41, 5.74) is 0.773. The first-order valence-corrected chi connectivity index (χ1v) is 9.29. The molecule has 0 N–H and O–H groups in total. The van der Waals surface area contributed by atoms with Crippen LogP contribution in [0.15, 0.2) is 18.3 Å². The van der Waals surface area contributed by atoms with Crippen LogP contribution in [0.1, 0.15) is 67.1 Å². The van der Waals surface area contributed by atoms with Gasteiger partial charge in [0, 0.05) is 12.8 Å². The normalized spacial score (nSPS) is 23.0. The number of hydrogen-bond donors (Lipinski definition) is 0. The van der Waals surface area contributed by atoms with Crippen LogP contribution in [0.3, 0.4) is 0 Å². The molecule has 0 aromatic carbocycles. The second-order valence-electron chi connectivity index (χ2n) is 8.23. The summed E-state index contributed by atoms with van der Waals surface area (Å²) in [7, 11) is 1.30. The molecule has 0 amide bonds. The largest absolute Gasteiger partial charge is 0.465 e. The molecular formula is C21H23FN2O3. The van der Waals surface area contributed by atoms with E-state index in [-0.39, 0.29) is 22.9 Å². The third-order valence-electron chi connectivity index (χ3n) is 5.88. The second kappa shape index (κ2) is 6.07. The van der Waals surface area contributed by atoms with Gasteiger partial charge in [0.05, 0.1) is 41.0 Å². The molecule has 142 valence electrons.